The summed E-state index contributed by atoms with van der Waals surface area (Å²) in [7, 11) is 0. The third kappa shape index (κ3) is 5.11. The monoisotopic (exact) mass is 340 g/mol. The molecule has 2 aromatic rings. The molecule has 1 atom stereocenters. The Labute approximate surface area is 148 Å². The number of hydrogen-bond acceptors (Lipinski definition) is 3. The predicted molar refractivity (Wildman–Crippen MR) is 99.1 cm³/mol. The molecule has 0 saturated carbocycles. The molecule has 0 aromatic heterocycles. The van der Waals surface area contributed by atoms with Gasteiger partial charge in [-0.3, -0.25) is 4.79 Å². The minimum atomic E-state index is 0.154. The van der Waals surface area contributed by atoms with E-state index in [1.807, 2.05) is 30.3 Å². The first kappa shape index (κ1) is 17.1. The van der Waals surface area contributed by atoms with Gasteiger partial charge in [0.1, 0.15) is 0 Å². The van der Waals surface area contributed by atoms with Crippen LogP contribution in [0.4, 0.5) is 0 Å². The van der Waals surface area contributed by atoms with E-state index in [1.165, 1.54) is 21.8 Å². The highest BCUT2D eigenvalue weighted by Crippen LogP contribution is 2.30. The lowest BCUT2D eigenvalue weighted by Crippen LogP contribution is -2.23. The lowest BCUT2D eigenvalue weighted by Gasteiger charge is -2.11. The van der Waals surface area contributed by atoms with Crippen LogP contribution in [0.2, 0.25) is 0 Å². The van der Waals surface area contributed by atoms with Crippen molar-refractivity contribution < 1.29 is 4.79 Å². The van der Waals surface area contributed by atoms with Gasteiger partial charge in [-0.25, -0.2) is 0 Å². The van der Waals surface area contributed by atoms with Gasteiger partial charge in [0.15, 0.2) is 0 Å². The fourth-order valence-electron chi connectivity index (χ4n) is 2.94. The van der Waals surface area contributed by atoms with Crippen molar-refractivity contribution in [3.8, 4) is 0 Å². The van der Waals surface area contributed by atoms with Crippen LogP contribution in [0.25, 0.3) is 0 Å². The standard InChI is InChI=1S/C20H24N2OS/c23-20(11-10-16-12-13-21-14-16)22-15-17-6-4-5-9-19(17)24-18-7-2-1-3-8-18/h1-9,16,21H,10-15H2,(H,22,23). The lowest BCUT2D eigenvalue weighted by atomic mass is 10.0. The molecule has 1 unspecified atom stereocenters. The smallest absolute Gasteiger partial charge is 0.220 e. The maximum atomic E-state index is 12.1. The van der Waals surface area contributed by atoms with Crippen molar-refractivity contribution in [2.45, 2.75) is 35.6 Å². The van der Waals surface area contributed by atoms with Crippen LogP contribution in [0, 0.1) is 5.92 Å². The van der Waals surface area contributed by atoms with Crippen LogP contribution < -0.4 is 10.6 Å². The third-order valence-corrected chi connectivity index (χ3v) is 5.49. The molecule has 3 rings (SSSR count). The maximum absolute atomic E-state index is 12.1. The first-order valence-electron chi connectivity index (χ1n) is 8.59. The van der Waals surface area contributed by atoms with Crippen LogP contribution >= 0.6 is 11.8 Å². The van der Waals surface area contributed by atoms with Crippen LogP contribution in [-0.2, 0) is 11.3 Å². The van der Waals surface area contributed by atoms with Gasteiger partial charge in [0, 0.05) is 22.8 Å². The Morgan fingerprint density at radius 2 is 1.92 bits per heavy atom. The Kier molecular flexibility index (Phi) is 6.33. The molecule has 126 valence electrons. The largest absolute Gasteiger partial charge is 0.352 e. The highest BCUT2D eigenvalue weighted by molar-refractivity contribution is 7.99. The number of rotatable bonds is 7. The summed E-state index contributed by atoms with van der Waals surface area (Å²) in [6, 6.07) is 18.6. The quantitative estimate of drug-likeness (QED) is 0.804. The summed E-state index contributed by atoms with van der Waals surface area (Å²) in [5.74, 6) is 0.818. The first-order chi connectivity index (χ1) is 11.8. The summed E-state index contributed by atoms with van der Waals surface area (Å²) >= 11 is 1.74. The van der Waals surface area contributed by atoms with Crippen molar-refractivity contribution in [1.29, 1.82) is 0 Å². The molecule has 2 aromatic carbocycles. The molecule has 3 nitrogen and oxygen atoms in total. The second kappa shape index (κ2) is 8.90. The highest BCUT2D eigenvalue weighted by atomic mass is 32.2. The molecule has 1 aliphatic rings. The Morgan fingerprint density at radius 1 is 1.12 bits per heavy atom. The third-order valence-electron chi connectivity index (χ3n) is 4.36. The van der Waals surface area contributed by atoms with E-state index in [2.05, 4.69) is 34.9 Å². The fraction of sp³-hybridized carbons (Fsp3) is 0.350. The molecular weight excluding hydrogens is 316 g/mol. The second-order valence-corrected chi connectivity index (χ2v) is 7.31. The number of carbonyl (C=O) groups excluding carboxylic acids is 1. The second-order valence-electron chi connectivity index (χ2n) is 6.20. The summed E-state index contributed by atoms with van der Waals surface area (Å²) < 4.78 is 0. The number of carbonyl (C=O) groups is 1. The van der Waals surface area contributed by atoms with Crippen molar-refractivity contribution >= 4 is 17.7 Å². The van der Waals surface area contributed by atoms with E-state index in [0.29, 0.717) is 18.9 Å². The molecule has 1 aliphatic heterocycles. The van der Waals surface area contributed by atoms with E-state index in [4.69, 9.17) is 0 Å². The molecule has 2 N–H and O–H groups in total. The summed E-state index contributed by atoms with van der Waals surface area (Å²) in [5, 5.41) is 6.43. The summed E-state index contributed by atoms with van der Waals surface area (Å²) in [4.78, 5) is 14.5. The van der Waals surface area contributed by atoms with Gasteiger partial charge < -0.3 is 10.6 Å². The SMILES string of the molecule is O=C(CCC1CCNC1)NCc1ccccc1Sc1ccccc1. The van der Waals surface area contributed by atoms with Crippen molar-refractivity contribution in [2.24, 2.45) is 5.92 Å². The zero-order valence-electron chi connectivity index (χ0n) is 13.8. The fourth-order valence-corrected chi connectivity index (χ4v) is 3.91. The van der Waals surface area contributed by atoms with Gasteiger partial charge in [-0.15, -0.1) is 0 Å². The Bertz CT molecular complexity index is 654. The zero-order chi connectivity index (χ0) is 16.6. The summed E-state index contributed by atoms with van der Waals surface area (Å²) in [5.41, 5.74) is 1.17. The van der Waals surface area contributed by atoms with Gasteiger partial charge in [0.25, 0.3) is 0 Å². The van der Waals surface area contributed by atoms with Crippen molar-refractivity contribution in [1.82, 2.24) is 10.6 Å². The molecule has 0 aliphatic carbocycles. The molecule has 0 spiro atoms. The van der Waals surface area contributed by atoms with Crippen molar-refractivity contribution in [3.05, 3.63) is 60.2 Å². The van der Waals surface area contributed by atoms with Crippen LogP contribution in [0.3, 0.4) is 0 Å². The molecule has 1 heterocycles. The normalized spacial score (nSPS) is 16.9. The van der Waals surface area contributed by atoms with Crippen molar-refractivity contribution in [3.63, 3.8) is 0 Å². The molecule has 1 amide bonds. The molecule has 0 radical (unpaired) electrons. The van der Waals surface area contributed by atoms with Gasteiger partial charge >= 0.3 is 0 Å². The van der Waals surface area contributed by atoms with Gasteiger partial charge in [0.05, 0.1) is 0 Å². The molecule has 1 saturated heterocycles. The van der Waals surface area contributed by atoms with Crippen LogP contribution in [0.1, 0.15) is 24.8 Å². The number of nitrogens with one attached hydrogen (secondary N) is 2. The molecule has 4 heteroatoms. The van der Waals surface area contributed by atoms with Crippen molar-refractivity contribution in [2.75, 3.05) is 13.1 Å². The highest BCUT2D eigenvalue weighted by Gasteiger charge is 2.15. The van der Waals surface area contributed by atoms with Gasteiger partial charge in [-0.2, -0.15) is 0 Å². The number of hydrogen-bond donors (Lipinski definition) is 2. The average Bonchev–Trinajstić information content (AvgIpc) is 3.14. The van der Waals surface area contributed by atoms with Crippen LogP contribution in [0.5, 0.6) is 0 Å². The van der Waals surface area contributed by atoms with E-state index >= 15 is 0 Å². The minimum absolute atomic E-state index is 0.154. The number of amides is 1. The Hall–Kier alpha value is -1.78. The van der Waals surface area contributed by atoms with E-state index in [-0.39, 0.29) is 5.91 Å². The molecule has 1 fully saturated rings. The molecule has 0 bridgehead atoms. The average molecular weight is 340 g/mol. The zero-order valence-corrected chi connectivity index (χ0v) is 14.6. The minimum Gasteiger partial charge on any atom is -0.352 e. The van der Waals surface area contributed by atoms with E-state index in [1.54, 1.807) is 11.8 Å². The van der Waals surface area contributed by atoms with Gasteiger partial charge in [-0.05, 0) is 55.6 Å². The Balaban J connectivity index is 1.52. The first-order valence-corrected chi connectivity index (χ1v) is 9.41. The predicted octanol–water partition coefficient (Wildman–Crippen LogP) is 3.84. The van der Waals surface area contributed by atoms with Crippen LogP contribution in [0.15, 0.2) is 64.4 Å². The lowest BCUT2D eigenvalue weighted by molar-refractivity contribution is -0.121. The summed E-state index contributed by atoms with van der Waals surface area (Å²) in [6.45, 7) is 2.75. The topological polar surface area (TPSA) is 41.1 Å². The summed E-state index contributed by atoms with van der Waals surface area (Å²) in [6.07, 6.45) is 2.81. The Morgan fingerprint density at radius 3 is 2.71 bits per heavy atom. The van der Waals surface area contributed by atoms with Crippen LogP contribution in [-0.4, -0.2) is 19.0 Å². The van der Waals surface area contributed by atoms with E-state index < -0.39 is 0 Å². The molecule has 24 heavy (non-hydrogen) atoms. The van der Waals surface area contributed by atoms with Gasteiger partial charge in [-0.1, -0.05) is 48.2 Å². The van der Waals surface area contributed by atoms with E-state index in [0.717, 1.165) is 19.5 Å². The maximum Gasteiger partial charge on any atom is 0.220 e. The number of benzene rings is 2. The molecular formula is C20H24N2OS. The van der Waals surface area contributed by atoms with E-state index in [9.17, 15) is 4.79 Å². The van der Waals surface area contributed by atoms with Gasteiger partial charge in [0.2, 0.25) is 5.91 Å².